The first-order valence-electron chi connectivity index (χ1n) is 10.8. The van der Waals surface area contributed by atoms with Crippen molar-refractivity contribution in [3.63, 3.8) is 0 Å². The molecule has 2 N–H and O–H groups in total. The monoisotopic (exact) mass is 500 g/mol. The number of rotatable bonds is 5. The molecule has 0 unspecified atom stereocenters. The smallest absolute Gasteiger partial charge is 0.261 e. The van der Waals surface area contributed by atoms with Gasteiger partial charge in [-0.25, -0.2) is 12.8 Å². The van der Waals surface area contributed by atoms with Crippen molar-refractivity contribution in [1.29, 1.82) is 0 Å². The quantitative estimate of drug-likeness (QED) is 0.365. The molecule has 0 saturated heterocycles. The minimum absolute atomic E-state index is 0.111. The Hall–Kier alpha value is -4.63. The molecule has 0 atom stereocenters. The Balaban J connectivity index is 1.37. The van der Waals surface area contributed by atoms with E-state index in [1.54, 1.807) is 42.5 Å². The molecule has 0 spiro atoms. The van der Waals surface area contributed by atoms with Gasteiger partial charge >= 0.3 is 0 Å². The average molecular weight is 501 g/mol. The maximum Gasteiger partial charge on any atom is 0.261 e. The van der Waals surface area contributed by atoms with E-state index in [0.717, 1.165) is 24.3 Å². The molecule has 1 amide bonds. The third-order valence-corrected chi connectivity index (χ3v) is 7.12. The van der Waals surface area contributed by atoms with Crippen molar-refractivity contribution in [3.8, 4) is 0 Å². The number of halogens is 1. The molecule has 0 aromatic heterocycles. The molecule has 5 rings (SSSR count). The number of sulfonamides is 1. The highest BCUT2D eigenvalue weighted by molar-refractivity contribution is 7.92. The summed E-state index contributed by atoms with van der Waals surface area (Å²) in [6.07, 6.45) is 0. The molecule has 178 valence electrons. The van der Waals surface area contributed by atoms with E-state index in [2.05, 4.69) is 10.0 Å². The van der Waals surface area contributed by atoms with E-state index in [-0.39, 0.29) is 50.1 Å². The molecule has 9 heteroatoms. The number of hydrogen-bond acceptors (Lipinski definition) is 5. The molecule has 0 heterocycles. The number of ketones is 2. The van der Waals surface area contributed by atoms with E-state index in [9.17, 15) is 27.2 Å². The van der Waals surface area contributed by atoms with Crippen molar-refractivity contribution in [2.24, 2.45) is 0 Å². The number of carbonyl (C=O) groups is 3. The highest BCUT2D eigenvalue weighted by Gasteiger charge is 2.31. The first kappa shape index (κ1) is 23.1. The van der Waals surface area contributed by atoms with E-state index in [4.69, 9.17) is 0 Å². The van der Waals surface area contributed by atoms with Crippen LogP contribution in [0.5, 0.6) is 0 Å². The molecule has 1 aliphatic carbocycles. The number of fused-ring (bicyclic) bond motifs is 2. The highest BCUT2D eigenvalue weighted by atomic mass is 32.2. The predicted molar refractivity (Wildman–Crippen MR) is 131 cm³/mol. The summed E-state index contributed by atoms with van der Waals surface area (Å²) >= 11 is 0. The summed E-state index contributed by atoms with van der Waals surface area (Å²) in [7, 11) is -3.94. The van der Waals surface area contributed by atoms with Crippen molar-refractivity contribution >= 4 is 38.9 Å². The molecule has 0 bridgehead atoms. The van der Waals surface area contributed by atoms with Crippen LogP contribution in [0.3, 0.4) is 0 Å². The number of benzene rings is 4. The second-order valence-corrected chi connectivity index (χ2v) is 9.71. The van der Waals surface area contributed by atoms with Gasteiger partial charge in [0.1, 0.15) is 5.82 Å². The maximum atomic E-state index is 13.1. The third kappa shape index (κ3) is 4.16. The summed E-state index contributed by atoms with van der Waals surface area (Å²) in [6.45, 7) is 0. The summed E-state index contributed by atoms with van der Waals surface area (Å²) in [5.41, 5.74) is 1.52. The van der Waals surface area contributed by atoms with Gasteiger partial charge in [-0.1, -0.05) is 36.4 Å². The molecule has 0 fully saturated rings. The Bertz CT molecular complexity index is 1650. The molecule has 4 aromatic carbocycles. The largest absolute Gasteiger partial charge is 0.321 e. The van der Waals surface area contributed by atoms with Crippen molar-refractivity contribution in [2.75, 3.05) is 10.0 Å². The van der Waals surface area contributed by atoms with Crippen LogP contribution >= 0.6 is 0 Å². The average Bonchev–Trinajstić information content (AvgIpc) is 2.87. The van der Waals surface area contributed by atoms with E-state index < -0.39 is 21.7 Å². The minimum atomic E-state index is -3.94. The van der Waals surface area contributed by atoms with Gasteiger partial charge in [0.15, 0.2) is 11.6 Å². The second kappa shape index (κ2) is 8.86. The molecule has 36 heavy (non-hydrogen) atoms. The van der Waals surface area contributed by atoms with Crippen LogP contribution in [-0.2, 0) is 10.0 Å². The number of anilines is 2. The van der Waals surface area contributed by atoms with Crippen molar-refractivity contribution in [1.82, 2.24) is 0 Å². The number of amides is 1. The van der Waals surface area contributed by atoms with Gasteiger partial charge in [0, 0.05) is 27.9 Å². The van der Waals surface area contributed by atoms with Crippen molar-refractivity contribution in [3.05, 3.63) is 125 Å². The normalized spacial score (nSPS) is 12.5. The van der Waals surface area contributed by atoms with Crippen LogP contribution in [0.4, 0.5) is 15.8 Å². The standard InChI is InChI=1S/C27H17FN2O5S/c28-17-10-14-19(15-11-17)36(34,35)30-18-12-8-16(9-13-18)27(33)29-23-7-3-6-22-24(23)26(32)21-5-2-1-4-20(21)25(22)31/h1-15,30H,(H,29,33). The van der Waals surface area contributed by atoms with Gasteiger partial charge in [0.25, 0.3) is 15.9 Å². The molecule has 7 nitrogen and oxygen atoms in total. The second-order valence-electron chi connectivity index (χ2n) is 8.02. The van der Waals surface area contributed by atoms with E-state index in [0.29, 0.717) is 5.56 Å². The molecular formula is C27H17FN2O5S. The number of nitrogens with one attached hydrogen (secondary N) is 2. The van der Waals surface area contributed by atoms with Crippen LogP contribution in [0.25, 0.3) is 0 Å². The number of hydrogen-bond donors (Lipinski definition) is 2. The van der Waals surface area contributed by atoms with E-state index in [1.807, 2.05) is 0 Å². The summed E-state index contributed by atoms with van der Waals surface area (Å²) in [5.74, 6) is -1.76. The maximum absolute atomic E-state index is 13.1. The summed E-state index contributed by atoms with van der Waals surface area (Å²) in [6, 6.07) is 21.2. The van der Waals surface area contributed by atoms with Gasteiger partial charge in [-0.3, -0.25) is 19.1 Å². The lowest BCUT2D eigenvalue weighted by molar-refractivity contribution is 0.0978. The Morgan fingerprint density at radius 1 is 0.694 bits per heavy atom. The zero-order valence-corrected chi connectivity index (χ0v) is 19.3. The van der Waals surface area contributed by atoms with Crippen LogP contribution in [0, 0.1) is 5.82 Å². The molecule has 0 saturated carbocycles. The minimum Gasteiger partial charge on any atom is -0.321 e. The Labute approximate surface area is 205 Å². The van der Waals surface area contributed by atoms with Crippen LogP contribution in [0.2, 0.25) is 0 Å². The SMILES string of the molecule is O=C(Nc1cccc2c1C(=O)c1ccccc1C2=O)c1ccc(NS(=O)(=O)c2ccc(F)cc2)cc1. The first-order valence-corrected chi connectivity index (χ1v) is 12.2. The first-order chi connectivity index (χ1) is 17.2. The van der Waals surface area contributed by atoms with Gasteiger partial charge in [0.05, 0.1) is 16.1 Å². The van der Waals surface area contributed by atoms with Gasteiger partial charge in [-0.15, -0.1) is 0 Å². The van der Waals surface area contributed by atoms with E-state index in [1.165, 1.54) is 24.3 Å². The topological polar surface area (TPSA) is 109 Å². The van der Waals surface area contributed by atoms with Crippen LogP contribution in [-0.4, -0.2) is 25.9 Å². The summed E-state index contributed by atoms with van der Waals surface area (Å²) in [4.78, 5) is 38.8. The van der Waals surface area contributed by atoms with Crippen molar-refractivity contribution < 1.29 is 27.2 Å². The fourth-order valence-electron chi connectivity index (χ4n) is 3.96. The lowest BCUT2D eigenvalue weighted by Gasteiger charge is -2.20. The molecule has 1 aliphatic rings. The molecule has 4 aromatic rings. The lowest BCUT2D eigenvalue weighted by Crippen LogP contribution is -2.23. The summed E-state index contributed by atoms with van der Waals surface area (Å²) < 4.78 is 40.4. The van der Waals surface area contributed by atoms with Crippen molar-refractivity contribution in [2.45, 2.75) is 4.90 Å². The predicted octanol–water partition coefficient (Wildman–Crippen LogP) is 4.65. The zero-order valence-electron chi connectivity index (χ0n) is 18.5. The molecular weight excluding hydrogens is 483 g/mol. The molecule has 0 radical (unpaired) electrons. The van der Waals surface area contributed by atoms with E-state index >= 15 is 0 Å². The Kier molecular flexibility index (Phi) is 5.69. The Morgan fingerprint density at radius 2 is 1.31 bits per heavy atom. The third-order valence-electron chi connectivity index (χ3n) is 5.72. The number of carbonyl (C=O) groups excluding carboxylic acids is 3. The van der Waals surface area contributed by atoms with Crippen LogP contribution in [0.15, 0.2) is 95.9 Å². The van der Waals surface area contributed by atoms with Gasteiger partial charge in [-0.2, -0.15) is 0 Å². The van der Waals surface area contributed by atoms with Crippen LogP contribution in [0.1, 0.15) is 42.2 Å². The highest BCUT2D eigenvalue weighted by Crippen LogP contribution is 2.32. The van der Waals surface area contributed by atoms with Gasteiger partial charge in [-0.05, 0) is 54.6 Å². The van der Waals surface area contributed by atoms with Crippen LogP contribution < -0.4 is 10.0 Å². The summed E-state index contributed by atoms with van der Waals surface area (Å²) in [5, 5.41) is 2.68. The fraction of sp³-hybridized carbons (Fsp3) is 0. The lowest BCUT2D eigenvalue weighted by atomic mass is 9.83. The molecule has 0 aliphatic heterocycles. The van der Waals surface area contributed by atoms with Gasteiger partial charge < -0.3 is 5.32 Å². The Morgan fingerprint density at radius 3 is 1.97 bits per heavy atom. The van der Waals surface area contributed by atoms with Gasteiger partial charge in [0.2, 0.25) is 0 Å². The zero-order chi connectivity index (χ0) is 25.4. The fourth-order valence-corrected chi connectivity index (χ4v) is 5.02.